The number of aryl methyl sites for hydroxylation is 1. The molecule has 4 nitrogen and oxygen atoms in total. The molecule has 3 rings (SSSR count). The Hall–Kier alpha value is -2.62. The van der Waals surface area contributed by atoms with E-state index >= 15 is 0 Å². The maximum Gasteiger partial charge on any atom is 0.148 e. The van der Waals surface area contributed by atoms with E-state index in [2.05, 4.69) is 10.5 Å². The third-order valence-corrected chi connectivity index (χ3v) is 3.52. The van der Waals surface area contributed by atoms with Crippen molar-refractivity contribution in [3.05, 3.63) is 65.2 Å². The number of benzene rings is 2. The van der Waals surface area contributed by atoms with Crippen LogP contribution in [0.3, 0.4) is 0 Å². The van der Waals surface area contributed by atoms with E-state index in [1.54, 1.807) is 0 Å². The molecule has 106 valence electrons. The van der Waals surface area contributed by atoms with Gasteiger partial charge in [-0.3, -0.25) is 0 Å². The van der Waals surface area contributed by atoms with Crippen molar-refractivity contribution in [2.24, 2.45) is 5.16 Å². The zero-order valence-electron chi connectivity index (χ0n) is 11.7. The minimum Gasteiger partial charge on any atom is -0.391 e. The summed E-state index contributed by atoms with van der Waals surface area (Å²) in [6.45, 7) is 2.39. The molecular weight excluding hydrogens is 264 g/mol. The molecule has 1 unspecified atom stereocenters. The summed E-state index contributed by atoms with van der Waals surface area (Å²) in [7, 11) is 0. The SMILES string of the molecule is Cc1cccc2c1NC(C=O)C2=NOCc1ccccc1. The largest absolute Gasteiger partial charge is 0.391 e. The molecule has 0 aromatic heterocycles. The van der Waals surface area contributed by atoms with Gasteiger partial charge in [0, 0.05) is 11.3 Å². The van der Waals surface area contributed by atoms with Crippen LogP contribution in [0.25, 0.3) is 0 Å². The second-order valence-corrected chi connectivity index (χ2v) is 4.99. The van der Waals surface area contributed by atoms with Gasteiger partial charge in [-0.05, 0) is 18.1 Å². The monoisotopic (exact) mass is 280 g/mol. The Morgan fingerprint density at radius 3 is 2.76 bits per heavy atom. The van der Waals surface area contributed by atoms with Crippen LogP contribution in [0, 0.1) is 6.92 Å². The molecule has 1 N–H and O–H groups in total. The lowest BCUT2D eigenvalue weighted by molar-refractivity contribution is -0.107. The van der Waals surface area contributed by atoms with Gasteiger partial charge in [-0.15, -0.1) is 0 Å². The van der Waals surface area contributed by atoms with Gasteiger partial charge in [0.1, 0.15) is 24.6 Å². The zero-order chi connectivity index (χ0) is 14.7. The Labute approximate surface area is 123 Å². The summed E-state index contributed by atoms with van der Waals surface area (Å²) in [6.07, 6.45) is 0.851. The van der Waals surface area contributed by atoms with Crippen LogP contribution >= 0.6 is 0 Å². The van der Waals surface area contributed by atoms with Crippen molar-refractivity contribution in [3.8, 4) is 0 Å². The quantitative estimate of drug-likeness (QED) is 0.692. The van der Waals surface area contributed by atoms with Crippen LogP contribution in [0.1, 0.15) is 16.7 Å². The highest BCUT2D eigenvalue weighted by molar-refractivity contribution is 6.20. The molecule has 2 aromatic carbocycles. The molecule has 1 atom stereocenters. The number of hydrogen-bond donors (Lipinski definition) is 1. The van der Waals surface area contributed by atoms with E-state index in [1.807, 2.05) is 55.5 Å². The van der Waals surface area contributed by atoms with Crippen molar-refractivity contribution in [2.75, 3.05) is 5.32 Å². The second-order valence-electron chi connectivity index (χ2n) is 4.99. The number of carbonyl (C=O) groups excluding carboxylic acids is 1. The Balaban J connectivity index is 1.82. The smallest absolute Gasteiger partial charge is 0.148 e. The maximum atomic E-state index is 11.2. The topological polar surface area (TPSA) is 50.7 Å². The molecule has 1 heterocycles. The van der Waals surface area contributed by atoms with Crippen LogP contribution < -0.4 is 5.32 Å². The molecule has 0 spiro atoms. The van der Waals surface area contributed by atoms with Crippen LogP contribution in [-0.2, 0) is 16.2 Å². The molecule has 0 saturated carbocycles. The fraction of sp³-hybridized carbons (Fsp3) is 0.176. The molecule has 1 aliphatic heterocycles. The molecule has 0 fully saturated rings. The molecule has 0 saturated heterocycles. The van der Waals surface area contributed by atoms with Crippen molar-refractivity contribution < 1.29 is 9.63 Å². The van der Waals surface area contributed by atoms with E-state index in [0.717, 1.165) is 28.7 Å². The first kappa shape index (κ1) is 13.4. The lowest BCUT2D eigenvalue weighted by atomic mass is 10.1. The number of fused-ring (bicyclic) bond motifs is 1. The second kappa shape index (κ2) is 5.79. The predicted octanol–water partition coefficient (Wildman–Crippen LogP) is 2.91. The third-order valence-electron chi connectivity index (χ3n) is 3.52. The van der Waals surface area contributed by atoms with Gasteiger partial charge in [0.05, 0.1) is 0 Å². The number of rotatable bonds is 4. The number of para-hydroxylation sites is 1. The van der Waals surface area contributed by atoms with Gasteiger partial charge in [0.25, 0.3) is 0 Å². The van der Waals surface area contributed by atoms with Crippen LogP contribution in [0.15, 0.2) is 53.7 Å². The Kier molecular flexibility index (Phi) is 3.69. The molecule has 0 bridgehead atoms. The summed E-state index contributed by atoms with van der Waals surface area (Å²) < 4.78 is 0. The first-order valence-corrected chi connectivity index (χ1v) is 6.85. The van der Waals surface area contributed by atoms with Gasteiger partial charge in [0.15, 0.2) is 0 Å². The fourth-order valence-electron chi connectivity index (χ4n) is 2.42. The van der Waals surface area contributed by atoms with Gasteiger partial charge < -0.3 is 14.9 Å². The van der Waals surface area contributed by atoms with Gasteiger partial charge in [0.2, 0.25) is 0 Å². The molecule has 1 aliphatic rings. The van der Waals surface area contributed by atoms with Crippen molar-refractivity contribution in [1.82, 2.24) is 0 Å². The summed E-state index contributed by atoms with van der Waals surface area (Å²) in [6, 6.07) is 15.3. The van der Waals surface area contributed by atoms with E-state index in [9.17, 15) is 4.79 Å². The van der Waals surface area contributed by atoms with Gasteiger partial charge in [-0.2, -0.15) is 0 Å². The summed E-state index contributed by atoms with van der Waals surface area (Å²) in [5.41, 5.74) is 4.66. The maximum absolute atomic E-state index is 11.2. The fourth-order valence-corrected chi connectivity index (χ4v) is 2.42. The molecule has 2 aromatic rings. The third kappa shape index (κ3) is 2.65. The highest BCUT2D eigenvalue weighted by Gasteiger charge is 2.29. The molecule has 0 radical (unpaired) electrons. The van der Waals surface area contributed by atoms with E-state index < -0.39 is 6.04 Å². The van der Waals surface area contributed by atoms with Gasteiger partial charge >= 0.3 is 0 Å². The van der Waals surface area contributed by atoms with E-state index in [0.29, 0.717) is 12.3 Å². The summed E-state index contributed by atoms with van der Waals surface area (Å²) in [5.74, 6) is 0. The number of nitrogens with zero attached hydrogens (tertiary/aromatic N) is 1. The van der Waals surface area contributed by atoms with Gasteiger partial charge in [-0.25, -0.2) is 0 Å². The lowest BCUT2D eigenvalue weighted by Gasteiger charge is -2.05. The molecule has 4 heteroatoms. The normalized spacial score (nSPS) is 18.1. The average molecular weight is 280 g/mol. The Morgan fingerprint density at radius 2 is 2.00 bits per heavy atom. The number of aldehydes is 1. The summed E-state index contributed by atoms with van der Waals surface area (Å²) >= 11 is 0. The first-order chi connectivity index (χ1) is 10.3. The average Bonchev–Trinajstić information content (AvgIpc) is 2.88. The summed E-state index contributed by atoms with van der Waals surface area (Å²) in [4.78, 5) is 16.7. The standard InChI is InChI=1S/C17H16N2O2/c1-12-6-5-9-14-16(12)18-15(10-20)17(14)19-21-11-13-7-3-2-4-8-13/h2-10,15,18H,11H2,1H3. The number of nitrogens with one attached hydrogen (secondary N) is 1. The van der Waals surface area contributed by atoms with Crippen LogP contribution in [-0.4, -0.2) is 18.0 Å². The molecule has 0 amide bonds. The van der Waals surface area contributed by atoms with E-state index in [4.69, 9.17) is 4.84 Å². The number of hydrogen-bond acceptors (Lipinski definition) is 4. The zero-order valence-corrected chi connectivity index (χ0v) is 11.7. The van der Waals surface area contributed by atoms with Crippen molar-refractivity contribution in [2.45, 2.75) is 19.6 Å². The van der Waals surface area contributed by atoms with E-state index in [1.165, 1.54) is 0 Å². The molecule has 21 heavy (non-hydrogen) atoms. The lowest BCUT2D eigenvalue weighted by Crippen LogP contribution is -2.24. The number of oxime groups is 1. The summed E-state index contributed by atoms with van der Waals surface area (Å²) in [5, 5.41) is 7.35. The highest BCUT2D eigenvalue weighted by Crippen LogP contribution is 2.29. The Bertz CT molecular complexity index is 680. The first-order valence-electron chi connectivity index (χ1n) is 6.85. The van der Waals surface area contributed by atoms with Crippen LogP contribution in [0.4, 0.5) is 5.69 Å². The Morgan fingerprint density at radius 1 is 1.19 bits per heavy atom. The van der Waals surface area contributed by atoms with Crippen LogP contribution in [0.2, 0.25) is 0 Å². The predicted molar refractivity (Wildman–Crippen MR) is 82.4 cm³/mol. The van der Waals surface area contributed by atoms with Crippen LogP contribution in [0.5, 0.6) is 0 Å². The van der Waals surface area contributed by atoms with E-state index in [-0.39, 0.29) is 0 Å². The van der Waals surface area contributed by atoms with Crippen molar-refractivity contribution >= 4 is 17.7 Å². The molecular formula is C17H16N2O2. The minimum absolute atomic E-state index is 0.386. The number of carbonyl (C=O) groups is 1. The molecule has 0 aliphatic carbocycles. The van der Waals surface area contributed by atoms with Crippen molar-refractivity contribution in [3.63, 3.8) is 0 Å². The van der Waals surface area contributed by atoms with Crippen molar-refractivity contribution in [1.29, 1.82) is 0 Å². The number of anilines is 1. The van der Waals surface area contributed by atoms with Gasteiger partial charge in [-0.1, -0.05) is 53.7 Å². The minimum atomic E-state index is -0.447. The highest BCUT2D eigenvalue weighted by atomic mass is 16.6.